The van der Waals surface area contributed by atoms with Crippen LogP contribution in [-0.2, 0) is 23.1 Å². The third-order valence-corrected chi connectivity index (χ3v) is 21.5. The number of allylic oxidation sites excluding steroid dienone is 5. The third kappa shape index (κ3) is 9.11. The highest BCUT2D eigenvalue weighted by atomic mass is 28.4. The molecule has 0 aromatic heterocycles. The zero-order valence-electron chi connectivity index (χ0n) is 33.0. The lowest BCUT2D eigenvalue weighted by atomic mass is 9.64. The van der Waals surface area contributed by atoms with Gasteiger partial charge in [0.2, 0.25) is 0 Å². The summed E-state index contributed by atoms with van der Waals surface area (Å²) in [4.78, 5) is 13.2. The SMILES string of the molecule is C=C1C(=CC=C2CCC[C@]3(C)C(CC)=CC[C@@H]23)C[C@@](OCC(=O)OC(C)(C)CC)(O[Si](C)(C)C(C)(C)C)C[C@@H]1O[Si](C)(C)C(C)(C)C. The molecule has 47 heavy (non-hydrogen) atoms. The first-order chi connectivity index (χ1) is 21.3. The smallest absolute Gasteiger partial charge is 0.332 e. The maximum Gasteiger partial charge on any atom is 0.332 e. The van der Waals surface area contributed by atoms with Crippen LogP contribution in [0.2, 0.25) is 36.3 Å². The van der Waals surface area contributed by atoms with E-state index in [1.807, 2.05) is 20.8 Å². The van der Waals surface area contributed by atoms with Gasteiger partial charge in [-0.25, -0.2) is 4.79 Å². The summed E-state index contributed by atoms with van der Waals surface area (Å²) in [5.74, 6) is -0.848. The van der Waals surface area contributed by atoms with Gasteiger partial charge in [0.25, 0.3) is 0 Å². The number of ether oxygens (including phenoxy) is 2. The zero-order valence-corrected chi connectivity index (χ0v) is 35.0. The molecule has 0 spiro atoms. The van der Waals surface area contributed by atoms with E-state index in [0.29, 0.717) is 18.8 Å². The number of fused-ring (bicyclic) bond motifs is 1. The lowest BCUT2D eigenvalue weighted by Gasteiger charge is -2.51. The van der Waals surface area contributed by atoms with E-state index in [2.05, 4.69) is 106 Å². The first-order valence-electron chi connectivity index (χ1n) is 18.3. The second-order valence-electron chi connectivity index (χ2n) is 18.5. The number of hydrogen-bond donors (Lipinski definition) is 0. The van der Waals surface area contributed by atoms with Gasteiger partial charge in [-0.2, -0.15) is 0 Å². The summed E-state index contributed by atoms with van der Waals surface area (Å²) >= 11 is 0. The summed E-state index contributed by atoms with van der Waals surface area (Å²) in [5.41, 5.74) is 4.98. The van der Waals surface area contributed by atoms with Crippen LogP contribution in [0.25, 0.3) is 0 Å². The first-order valence-corrected chi connectivity index (χ1v) is 24.2. The second-order valence-corrected chi connectivity index (χ2v) is 28.0. The Morgan fingerprint density at radius 2 is 1.62 bits per heavy atom. The highest BCUT2D eigenvalue weighted by Crippen LogP contribution is 2.56. The third-order valence-electron chi connectivity index (χ3n) is 12.5. The topological polar surface area (TPSA) is 54.0 Å². The molecule has 0 unspecified atom stereocenters. The number of esters is 1. The molecule has 0 bridgehead atoms. The molecule has 5 nitrogen and oxygen atoms in total. The molecular formula is C40H70O5Si2. The van der Waals surface area contributed by atoms with Gasteiger partial charge >= 0.3 is 5.97 Å². The maximum absolute atomic E-state index is 13.2. The van der Waals surface area contributed by atoms with E-state index in [0.717, 1.165) is 36.8 Å². The van der Waals surface area contributed by atoms with E-state index in [-0.39, 0.29) is 34.2 Å². The van der Waals surface area contributed by atoms with E-state index in [1.54, 1.807) is 5.57 Å². The van der Waals surface area contributed by atoms with Crippen molar-refractivity contribution in [3.63, 3.8) is 0 Å². The predicted octanol–water partition coefficient (Wildman–Crippen LogP) is 11.6. The van der Waals surface area contributed by atoms with Gasteiger partial charge in [0.1, 0.15) is 12.2 Å². The van der Waals surface area contributed by atoms with Crippen LogP contribution in [0.15, 0.2) is 47.1 Å². The largest absolute Gasteiger partial charge is 0.458 e. The molecule has 3 aliphatic carbocycles. The van der Waals surface area contributed by atoms with Crippen molar-refractivity contribution in [2.45, 2.75) is 181 Å². The lowest BCUT2D eigenvalue weighted by Crippen LogP contribution is -2.56. The van der Waals surface area contributed by atoms with Crippen LogP contribution < -0.4 is 0 Å². The Morgan fingerprint density at radius 3 is 2.17 bits per heavy atom. The molecule has 0 N–H and O–H groups in total. The van der Waals surface area contributed by atoms with Crippen molar-refractivity contribution >= 4 is 22.6 Å². The Bertz CT molecular complexity index is 1260. The maximum atomic E-state index is 13.2. The van der Waals surface area contributed by atoms with E-state index in [1.165, 1.54) is 18.4 Å². The number of hydrogen-bond acceptors (Lipinski definition) is 5. The molecule has 3 rings (SSSR count). The minimum atomic E-state index is -2.36. The molecule has 0 aliphatic heterocycles. The van der Waals surface area contributed by atoms with Crippen LogP contribution >= 0.6 is 0 Å². The van der Waals surface area contributed by atoms with Crippen molar-refractivity contribution in [3.05, 3.63) is 47.1 Å². The van der Waals surface area contributed by atoms with Gasteiger partial charge in [-0.05, 0) is 111 Å². The molecule has 0 radical (unpaired) electrons. The highest BCUT2D eigenvalue weighted by molar-refractivity contribution is 6.74. The molecule has 2 fully saturated rings. The Hall–Kier alpha value is -1.26. The molecule has 2 saturated carbocycles. The van der Waals surface area contributed by atoms with Gasteiger partial charge in [-0.3, -0.25) is 0 Å². The summed E-state index contributed by atoms with van der Waals surface area (Å²) < 4.78 is 27.0. The van der Waals surface area contributed by atoms with Crippen molar-refractivity contribution in [1.82, 2.24) is 0 Å². The van der Waals surface area contributed by atoms with Gasteiger partial charge in [0.05, 0.1) is 6.10 Å². The standard InChI is InChI=1S/C40H70O5Si2/c1-17-32-23-24-33-30(20-19-25-39(32,33)12)21-22-31-26-40(45-47(15,16)37(7,8)9,42-28-35(41)43-38(10,11)18-2)27-34(29(31)3)44-46(13,14)36(4,5)6/h21-23,33-34H,3,17-20,24-28H2,1-2,4-16H3/t33-,34-,39+,40+/m0/s1. The van der Waals surface area contributed by atoms with Crippen molar-refractivity contribution in [3.8, 4) is 0 Å². The van der Waals surface area contributed by atoms with Crippen molar-refractivity contribution in [2.75, 3.05) is 6.61 Å². The number of rotatable bonds is 11. The van der Waals surface area contributed by atoms with E-state index in [9.17, 15) is 4.79 Å². The zero-order chi connectivity index (χ0) is 35.9. The molecule has 0 aromatic rings. The molecule has 0 amide bonds. The Labute approximate surface area is 291 Å². The first kappa shape index (κ1) is 40.2. The average molecular weight is 687 g/mol. The summed E-state index contributed by atoms with van der Waals surface area (Å²) in [5, 5.41) is -0.0296. The molecule has 0 aromatic carbocycles. The van der Waals surface area contributed by atoms with Gasteiger partial charge in [-0.15, -0.1) is 0 Å². The minimum Gasteiger partial charge on any atom is -0.458 e. The summed E-state index contributed by atoms with van der Waals surface area (Å²) in [7, 11) is -4.56. The Morgan fingerprint density at radius 1 is 1.00 bits per heavy atom. The Balaban J connectivity index is 2.11. The van der Waals surface area contributed by atoms with Gasteiger partial charge in [0, 0.05) is 12.8 Å². The van der Waals surface area contributed by atoms with Crippen LogP contribution in [0.4, 0.5) is 0 Å². The quantitative estimate of drug-likeness (QED) is 0.0937. The van der Waals surface area contributed by atoms with Crippen LogP contribution in [0.3, 0.4) is 0 Å². The molecule has 3 aliphatic rings. The van der Waals surface area contributed by atoms with Crippen molar-refractivity contribution < 1.29 is 23.1 Å². The monoisotopic (exact) mass is 686 g/mol. The molecule has 0 heterocycles. The predicted molar refractivity (Wildman–Crippen MR) is 202 cm³/mol. The molecule has 0 saturated heterocycles. The summed E-state index contributed by atoms with van der Waals surface area (Å²) in [6.07, 6.45) is 14.5. The van der Waals surface area contributed by atoms with Crippen LogP contribution in [0, 0.1) is 11.3 Å². The average Bonchev–Trinajstić information content (AvgIpc) is 3.27. The fourth-order valence-electron chi connectivity index (χ4n) is 7.00. The molecule has 7 heteroatoms. The van der Waals surface area contributed by atoms with E-state index < -0.39 is 28.0 Å². The molecular weight excluding hydrogens is 617 g/mol. The van der Waals surface area contributed by atoms with Crippen molar-refractivity contribution in [1.29, 1.82) is 0 Å². The molecule has 268 valence electrons. The lowest BCUT2D eigenvalue weighted by molar-refractivity contribution is -0.219. The second kappa shape index (κ2) is 14.2. The highest BCUT2D eigenvalue weighted by Gasteiger charge is 2.52. The fourth-order valence-corrected chi connectivity index (χ4v) is 9.74. The fraction of sp³-hybridized carbons (Fsp3) is 0.775. The minimum absolute atomic E-state index is 0.0228. The van der Waals surface area contributed by atoms with E-state index >= 15 is 0 Å². The van der Waals surface area contributed by atoms with Gasteiger partial charge < -0.3 is 18.3 Å². The van der Waals surface area contributed by atoms with E-state index in [4.69, 9.17) is 18.3 Å². The summed E-state index contributed by atoms with van der Waals surface area (Å²) in [6, 6.07) is 0. The van der Waals surface area contributed by atoms with Crippen molar-refractivity contribution in [2.24, 2.45) is 11.3 Å². The van der Waals surface area contributed by atoms with Gasteiger partial charge in [0.15, 0.2) is 22.4 Å². The number of carbonyl (C=O) groups excluding carboxylic acids is 1. The molecule has 4 atom stereocenters. The summed E-state index contributed by atoms with van der Waals surface area (Å²) in [6.45, 7) is 37.9. The normalized spacial score (nSPS) is 29.7. The van der Waals surface area contributed by atoms with Gasteiger partial charge in [-0.1, -0.05) is 98.3 Å². The van der Waals surface area contributed by atoms with Crippen LogP contribution in [0.5, 0.6) is 0 Å². The van der Waals surface area contributed by atoms with Crippen LogP contribution in [-0.4, -0.2) is 46.7 Å². The Kier molecular flexibility index (Phi) is 12.1. The van der Waals surface area contributed by atoms with Crippen LogP contribution in [0.1, 0.15) is 128 Å². The number of carbonyl (C=O) groups is 1.